The van der Waals surface area contributed by atoms with Gasteiger partial charge in [0, 0.05) is 19.2 Å². The van der Waals surface area contributed by atoms with Gasteiger partial charge in [-0.25, -0.2) is 13.8 Å². The molecule has 126 valence electrons. The second-order valence-corrected chi connectivity index (χ2v) is 5.56. The van der Waals surface area contributed by atoms with E-state index < -0.39 is 11.6 Å². The second kappa shape index (κ2) is 10.5. The minimum absolute atomic E-state index is 0. The quantitative estimate of drug-likeness (QED) is 0.397. The highest BCUT2D eigenvalue weighted by molar-refractivity contribution is 14.0. The lowest BCUT2D eigenvalue weighted by Crippen LogP contribution is -2.38. The van der Waals surface area contributed by atoms with Gasteiger partial charge in [-0.1, -0.05) is 0 Å². The highest BCUT2D eigenvalue weighted by atomic mass is 127. The standard InChI is InChI=1S/C16H19F2N3S.HI/c1-2-19-16(21-10-13-4-6-22-11-13)20-5-3-12-7-14(17)9-15(18)8-12;/h4,6-9,11H,2-3,5,10H2,1H3,(H2,19,20,21);1H. The minimum Gasteiger partial charge on any atom is -0.357 e. The van der Waals surface area contributed by atoms with Crippen molar-refractivity contribution in [1.82, 2.24) is 10.6 Å². The highest BCUT2D eigenvalue weighted by Crippen LogP contribution is 2.08. The van der Waals surface area contributed by atoms with Gasteiger partial charge in [0.1, 0.15) is 11.6 Å². The molecule has 0 aliphatic heterocycles. The van der Waals surface area contributed by atoms with Crippen molar-refractivity contribution < 1.29 is 8.78 Å². The molecule has 23 heavy (non-hydrogen) atoms. The van der Waals surface area contributed by atoms with E-state index in [1.165, 1.54) is 12.1 Å². The normalized spacial score (nSPS) is 11.0. The monoisotopic (exact) mass is 451 g/mol. The van der Waals surface area contributed by atoms with Gasteiger partial charge in [0.25, 0.3) is 0 Å². The molecule has 3 nitrogen and oxygen atoms in total. The molecule has 0 unspecified atom stereocenters. The van der Waals surface area contributed by atoms with E-state index in [1.807, 2.05) is 18.4 Å². The van der Waals surface area contributed by atoms with E-state index >= 15 is 0 Å². The summed E-state index contributed by atoms with van der Waals surface area (Å²) in [5.41, 5.74) is 1.79. The zero-order chi connectivity index (χ0) is 15.8. The summed E-state index contributed by atoms with van der Waals surface area (Å²) in [5, 5.41) is 10.4. The summed E-state index contributed by atoms with van der Waals surface area (Å²) in [6.45, 7) is 3.90. The van der Waals surface area contributed by atoms with Crippen molar-refractivity contribution in [1.29, 1.82) is 0 Å². The summed E-state index contributed by atoms with van der Waals surface area (Å²) in [6, 6.07) is 5.61. The molecule has 0 fully saturated rings. The van der Waals surface area contributed by atoms with Gasteiger partial charge in [-0.05, 0) is 53.4 Å². The smallest absolute Gasteiger partial charge is 0.191 e. The number of nitrogens with zero attached hydrogens (tertiary/aromatic N) is 1. The molecule has 0 aliphatic rings. The fraction of sp³-hybridized carbons (Fsp3) is 0.312. The predicted molar refractivity (Wildman–Crippen MR) is 103 cm³/mol. The first-order chi connectivity index (χ1) is 10.7. The van der Waals surface area contributed by atoms with E-state index in [0.29, 0.717) is 31.0 Å². The minimum atomic E-state index is -0.548. The second-order valence-electron chi connectivity index (χ2n) is 4.78. The maximum absolute atomic E-state index is 13.1. The summed E-state index contributed by atoms with van der Waals surface area (Å²) in [5.74, 6) is -0.397. The number of guanidine groups is 1. The number of aliphatic imine (C=N–C) groups is 1. The van der Waals surface area contributed by atoms with E-state index in [1.54, 1.807) is 11.3 Å². The molecule has 0 aliphatic carbocycles. The molecule has 0 radical (unpaired) electrons. The number of halogens is 3. The summed E-state index contributed by atoms with van der Waals surface area (Å²) in [6.07, 6.45) is 0.525. The molecule has 0 saturated heterocycles. The van der Waals surface area contributed by atoms with Crippen molar-refractivity contribution in [3.63, 3.8) is 0 Å². The molecule has 2 rings (SSSR count). The largest absolute Gasteiger partial charge is 0.357 e. The van der Waals surface area contributed by atoms with Crippen LogP contribution in [-0.4, -0.2) is 19.0 Å². The van der Waals surface area contributed by atoms with Crippen LogP contribution in [0.15, 0.2) is 40.0 Å². The van der Waals surface area contributed by atoms with Crippen molar-refractivity contribution in [2.45, 2.75) is 19.9 Å². The Labute approximate surface area is 156 Å². The Hall–Kier alpha value is -1.22. The Balaban J connectivity index is 0.00000264. The van der Waals surface area contributed by atoms with Gasteiger partial charge in [-0.2, -0.15) is 11.3 Å². The van der Waals surface area contributed by atoms with Crippen LogP contribution >= 0.6 is 35.3 Å². The Kier molecular flexibility index (Phi) is 9.08. The summed E-state index contributed by atoms with van der Waals surface area (Å²) >= 11 is 1.64. The van der Waals surface area contributed by atoms with Crippen LogP contribution in [0.5, 0.6) is 0 Å². The van der Waals surface area contributed by atoms with Crippen molar-refractivity contribution >= 4 is 41.3 Å². The SMILES string of the molecule is CCNC(=NCc1ccsc1)NCCc1cc(F)cc(F)c1.I. The zero-order valence-electron chi connectivity index (χ0n) is 12.8. The summed E-state index contributed by atoms with van der Waals surface area (Å²) in [7, 11) is 0. The Bertz CT molecular complexity index is 598. The number of hydrogen-bond acceptors (Lipinski definition) is 2. The maximum atomic E-state index is 13.1. The van der Waals surface area contributed by atoms with Crippen LogP contribution in [0.2, 0.25) is 0 Å². The Morgan fingerprint density at radius 2 is 1.87 bits per heavy atom. The van der Waals surface area contributed by atoms with E-state index in [9.17, 15) is 8.78 Å². The molecule has 1 heterocycles. The fourth-order valence-corrected chi connectivity index (χ4v) is 2.64. The lowest BCUT2D eigenvalue weighted by molar-refractivity contribution is 0.579. The Morgan fingerprint density at radius 3 is 2.48 bits per heavy atom. The van der Waals surface area contributed by atoms with Gasteiger partial charge in [0.05, 0.1) is 6.54 Å². The molecular weight excluding hydrogens is 431 g/mol. The van der Waals surface area contributed by atoms with Crippen LogP contribution in [-0.2, 0) is 13.0 Å². The summed E-state index contributed by atoms with van der Waals surface area (Å²) in [4.78, 5) is 4.48. The first-order valence-corrected chi connectivity index (χ1v) is 8.10. The molecule has 7 heteroatoms. The van der Waals surface area contributed by atoms with Gasteiger partial charge in [-0.3, -0.25) is 0 Å². The van der Waals surface area contributed by atoms with Crippen LogP contribution in [0.3, 0.4) is 0 Å². The first kappa shape index (κ1) is 19.8. The van der Waals surface area contributed by atoms with Gasteiger partial charge in [-0.15, -0.1) is 24.0 Å². The molecule has 2 aromatic rings. The lowest BCUT2D eigenvalue weighted by atomic mass is 10.1. The molecule has 2 N–H and O–H groups in total. The highest BCUT2D eigenvalue weighted by Gasteiger charge is 2.02. The van der Waals surface area contributed by atoms with Crippen molar-refractivity contribution in [3.05, 3.63) is 57.8 Å². The van der Waals surface area contributed by atoms with Crippen molar-refractivity contribution in [3.8, 4) is 0 Å². The van der Waals surface area contributed by atoms with Gasteiger partial charge < -0.3 is 10.6 Å². The summed E-state index contributed by atoms with van der Waals surface area (Å²) < 4.78 is 26.2. The van der Waals surface area contributed by atoms with Crippen LogP contribution < -0.4 is 10.6 Å². The topological polar surface area (TPSA) is 36.4 Å². The van der Waals surface area contributed by atoms with Crippen LogP contribution in [0.4, 0.5) is 8.78 Å². The average molecular weight is 451 g/mol. The van der Waals surface area contributed by atoms with Gasteiger partial charge in [0.2, 0.25) is 0 Å². The van der Waals surface area contributed by atoms with E-state index in [4.69, 9.17) is 0 Å². The molecule has 1 aromatic carbocycles. The number of benzene rings is 1. The lowest BCUT2D eigenvalue weighted by Gasteiger charge is -2.11. The van der Waals surface area contributed by atoms with Gasteiger partial charge in [0.15, 0.2) is 5.96 Å². The third-order valence-corrected chi connectivity index (χ3v) is 3.70. The van der Waals surface area contributed by atoms with Crippen molar-refractivity contribution in [2.75, 3.05) is 13.1 Å². The molecule has 1 aromatic heterocycles. The molecule has 0 saturated carbocycles. The van der Waals surface area contributed by atoms with Crippen LogP contribution in [0.1, 0.15) is 18.1 Å². The van der Waals surface area contributed by atoms with Gasteiger partial charge >= 0.3 is 0 Å². The van der Waals surface area contributed by atoms with E-state index in [0.717, 1.165) is 18.2 Å². The van der Waals surface area contributed by atoms with Crippen LogP contribution in [0, 0.1) is 11.6 Å². The molecule has 0 atom stereocenters. The molecule has 0 bridgehead atoms. The Morgan fingerprint density at radius 1 is 1.13 bits per heavy atom. The average Bonchev–Trinajstić information content (AvgIpc) is 2.97. The maximum Gasteiger partial charge on any atom is 0.191 e. The van der Waals surface area contributed by atoms with E-state index in [-0.39, 0.29) is 24.0 Å². The van der Waals surface area contributed by atoms with Crippen molar-refractivity contribution in [2.24, 2.45) is 4.99 Å². The predicted octanol–water partition coefficient (Wildman–Crippen LogP) is 3.94. The number of hydrogen-bond donors (Lipinski definition) is 2. The zero-order valence-corrected chi connectivity index (χ0v) is 16.0. The number of thiophene rings is 1. The number of nitrogens with one attached hydrogen (secondary N) is 2. The molecule has 0 amide bonds. The molecule has 0 spiro atoms. The van der Waals surface area contributed by atoms with E-state index in [2.05, 4.69) is 21.0 Å². The molecular formula is C16H20F2IN3S. The third kappa shape index (κ3) is 7.26. The number of rotatable bonds is 6. The van der Waals surface area contributed by atoms with Crippen LogP contribution in [0.25, 0.3) is 0 Å². The fourth-order valence-electron chi connectivity index (χ4n) is 1.98. The first-order valence-electron chi connectivity index (χ1n) is 7.15. The third-order valence-electron chi connectivity index (χ3n) is 2.97.